The summed E-state index contributed by atoms with van der Waals surface area (Å²) in [4.78, 5) is 16.8. The van der Waals surface area contributed by atoms with Gasteiger partial charge in [0.05, 0.1) is 28.1 Å². The van der Waals surface area contributed by atoms with E-state index in [9.17, 15) is 4.79 Å². The van der Waals surface area contributed by atoms with Crippen molar-refractivity contribution in [2.24, 2.45) is 0 Å². The van der Waals surface area contributed by atoms with Gasteiger partial charge in [-0.25, -0.2) is 4.98 Å². The number of ether oxygens (including phenoxy) is 1. The molecular formula is C18H16Cl2N4O2S. The highest BCUT2D eigenvalue weighted by Gasteiger charge is 2.19. The molecule has 0 aliphatic rings. The predicted molar refractivity (Wildman–Crippen MR) is 109 cm³/mol. The molecule has 1 aromatic heterocycles. The van der Waals surface area contributed by atoms with Crippen LogP contribution in [0.5, 0.6) is 5.75 Å². The number of H-pyrrole nitrogens is 1. The van der Waals surface area contributed by atoms with Crippen molar-refractivity contribution in [2.45, 2.75) is 17.3 Å². The van der Waals surface area contributed by atoms with Gasteiger partial charge in [0.25, 0.3) is 0 Å². The van der Waals surface area contributed by atoms with E-state index in [2.05, 4.69) is 20.5 Å². The van der Waals surface area contributed by atoms with Crippen molar-refractivity contribution in [2.75, 3.05) is 12.4 Å². The number of methoxy groups -OCH3 is 1. The first-order valence-corrected chi connectivity index (χ1v) is 9.60. The molecule has 3 rings (SSSR count). The Bertz CT molecular complexity index is 947. The molecule has 1 amide bonds. The third-order valence-electron chi connectivity index (χ3n) is 3.69. The number of hydrogen-bond acceptors (Lipinski definition) is 5. The van der Waals surface area contributed by atoms with Gasteiger partial charge in [-0.05, 0) is 43.3 Å². The van der Waals surface area contributed by atoms with Crippen molar-refractivity contribution >= 4 is 46.6 Å². The molecule has 9 heteroatoms. The number of amides is 1. The van der Waals surface area contributed by atoms with Gasteiger partial charge in [0.1, 0.15) is 5.75 Å². The van der Waals surface area contributed by atoms with Crippen molar-refractivity contribution in [3.05, 3.63) is 52.5 Å². The second-order valence-corrected chi connectivity index (χ2v) is 7.64. The van der Waals surface area contributed by atoms with Crippen LogP contribution in [0.4, 0.5) is 5.69 Å². The lowest BCUT2D eigenvalue weighted by molar-refractivity contribution is -0.115. The molecule has 0 spiro atoms. The minimum atomic E-state index is -0.431. The second-order valence-electron chi connectivity index (χ2n) is 5.55. The van der Waals surface area contributed by atoms with Crippen molar-refractivity contribution in [1.29, 1.82) is 0 Å². The first-order valence-electron chi connectivity index (χ1n) is 7.96. The third-order valence-corrected chi connectivity index (χ3v) is 5.47. The lowest BCUT2D eigenvalue weighted by Crippen LogP contribution is -2.22. The van der Waals surface area contributed by atoms with E-state index >= 15 is 0 Å². The standard InChI is InChI=1S/C18H16Cl2N4O2S/c1-10(17(25)21-14-5-3-4-13(19)15(14)20)27-18-22-16(23-24-18)11-6-8-12(26-2)9-7-11/h3-10H,1-2H3,(H,21,25)(H,22,23,24). The number of halogens is 2. The van der Waals surface area contributed by atoms with Gasteiger partial charge in [-0.1, -0.05) is 41.0 Å². The fourth-order valence-corrected chi connectivity index (χ4v) is 3.30. The largest absolute Gasteiger partial charge is 0.497 e. The molecule has 0 bridgehead atoms. The summed E-state index contributed by atoms with van der Waals surface area (Å²) in [7, 11) is 1.61. The van der Waals surface area contributed by atoms with E-state index in [1.165, 1.54) is 11.8 Å². The lowest BCUT2D eigenvalue weighted by Gasteiger charge is -2.11. The number of carbonyl (C=O) groups excluding carboxylic acids is 1. The predicted octanol–water partition coefficient (Wildman–Crippen LogP) is 4.91. The second kappa shape index (κ2) is 8.65. The molecule has 6 nitrogen and oxygen atoms in total. The zero-order chi connectivity index (χ0) is 19.4. The number of benzene rings is 2. The molecule has 140 valence electrons. The molecule has 0 saturated heterocycles. The maximum atomic E-state index is 12.4. The molecule has 0 aliphatic heterocycles. The van der Waals surface area contributed by atoms with Gasteiger partial charge >= 0.3 is 0 Å². The van der Waals surface area contributed by atoms with Crippen LogP contribution in [0.2, 0.25) is 10.0 Å². The van der Waals surface area contributed by atoms with Gasteiger partial charge in [-0.2, -0.15) is 0 Å². The molecule has 3 aromatic rings. The normalized spacial score (nSPS) is 11.9. The highest BCUT2D eigenvalue weighted by atomic mass is 35.5. The van der Waals surface area contributed by atoms with Crippen LogP contribution in [-0.2, 0) is 4.79 Å². The quantitative estimate of drug-likeness (QED) is 0.551. The van der Waals surface area contributed by atoms with E-state index in [1.54, 1.807) is 32.2 Å². The zero-order valence-corrected chi connectivity index (χ0v) is 16.8. The number of carbonyl (C=O) groups is 1. The summed E-state index contributed by atoms with van der Waals surface area (Å²) in [6.07, 6.45) is 0. The van der Waals surface area contributed by atoms with Gasteiger partial charge in [0, 0.05) is 5.56 Å². The monoisotopic (exact) mass is 422 g/mol. The molecule has 0 radical (unpaired) electrons. The summed E-state index contributed by atoms with van der Waals surface area (Å²) >= 11 is 13.3. The van der Waals surface area contributed by atoms with Gasteiger partial charge < -0.3 is 10.1 Å². The molecule has 0 aliphatic carbocycles. The van der Waals surface area contributed by atoms with Crippen molar-refractivity contribution in [3.8, 4) is 17.1 Å². The van der Waals surface area contributed by atoms with Crippen molar-refractivity contribution < 1.29 is 9.53 Å². The summed E-state index contributed by atoms with van der Waals surface area (Å²) < 4.78 is 5.14. The summed E-state index contributed by atoms with van der Waals surface area (Å²) in [5.74, 6) is 1.16. The Kier molecular flexibility index (Phi) is 6.26. The summed E-state index contributed by atoms with van der Waals surface area (Å²) in [5, 5.41) is 10.5. The van der Waals surface area contributed by atoms with Crippen LogP contribution >= 0.6 is 35.0 Å². The Morgan fingerprint density at radius 2 is 1.96 bits per heavy atom. The van der Waals surface area contributed by atoms with Crippen LogP contribution in [0.1, 0.15) is 6.92 Å². The number of anilines is 1. The minimum Gasteiger partial charge on any atom is -0.497 e. The van der Waals surface area contributed by atoms with Crippen LogP contribution < -0.4 is 10.1 Å². The maximum Gasteiger partial charge on any atom is 0.237 e. The van der Waals surface area contributed by atoms with Gasteiger partial charge in [0.15, 0.2) is 5.82 Å². The molecule has 27 heavy (non-hydrogen) atoms. The number of rotatable bonds is 6. The van der Waals surface area contributed by atoms with E-state index in [1.807, 2.05) is 24.3 Å². The highest BCUT2D eigenvalue weighted by Crippen LogP contribution is 2.30. The molecule has 1 atom stereocenters. The number of thioether (sulfide) groups is 1. The average Bonchev–Trinajstić information content (AvgIpc) is 3.14. The smallest absolute Gasteiger partial charge is 0.237 e. The van der Waals surface area contributed by atoms with Crippen LogP contribution in [0.15, 0.2) is 47.6 Å². The van der Waals surface area contributed by atoms with Crippen molar-refractivity contribution in [1.82, 2.24) is 15.2 Å². The third kappa shape index (κ3) is 4.74. The van der Waals surface area contributed by atoms with Gasteiger partial charge in [-0.15, -0.1) is 5.10 Å². The summed E-state index contributed by atoms with van der Waals surface area (Å²) in [6.45, 7) is 1.77. The van der Waals surface area contributed by atoms with Gasteiger partial charge in [0.2, 0.25) is 11.1 Å². The topological polar surface area (TPSA) is 79.9 Å². The zero-order valence-electron chi connectivity index (χ0n) is 14.5. The van der Waals surface area contributed by atoms with Crippen LogP contribution in [0.3, 0.4) is 0 Å². The number of aromatic nitrogens is 3. The fourth-order valence-electron chi connectivity index (χ4n) is 2.22. The Labute approximate surface area is 170 Å². The van der Waals surface area contributed by atoms with Crippen molar-refractivity contribution in [3.63, 3.8) is 0 Å². The Morgan fingerprint density at radius 1 is 1.22 bits per heavy atom. The molecule has 1 heterocycles. The Morgan fingerprint density at radius 3 is 2.67 bits per heavy atom. The summed E-state index contributed by atoms with van der Waals surface area (Å²) in [6, 6.07) is 12.5. The van der Waals surface area contributed by atoms with E-state index in [4.69, 9.17) is 27.9 Å². The molecule has 0 fully saturated rings. The number of nitrogens with zero attached hydrogens (tertiary/aromatic N) is 2. The Hall–Kier alpha value is -2.22. The number of nitrogens with one attached hydrogen (secondary N) is 2. The molecule has 0 saturated carbocycles. The maximum absolute atomic E-state index is 12.4. The highest BCUT2D eigenvalue weighted by molar-refractivity contribution is 8.00. The SMILES string of the molecule is COc1ccc(-c2nc(SC(C)C(=O)Nc3cccc(Cl)c3Cl)n[nH]2)cc1. The number of aromatic amines is 1. The van der Waals surface area contributed by atoms with Gasteiger partial charge in [-0.3, -0.25) is 9.89 Å². The molecule has 1 unspecified atom stereocenters. The molecule has 2 N–H and O–H groups in total. The Balaban J connectivity index is 1.65. The van der Waals surface area contributed by atoms with E-state index < -0.39 is 5.25 Å². The summed E-state index contributed by atoms with van der Waals surface area (Å²) in [5.41, 5.74) is 1.34. The fraction of sp³-hybridized carbons (Fsp3) is 0.167. The van der Waals surface area contributed by atoms with Crippen LogP contribution in [0, 0.1) is 0 Å². The first kappa shape index (κ1) is 19.5. The molecule has 2 aromatic carbocycles. The number of hydrogen-bond donors (Lipinski definition) is 2. The van der Waals surface area contributed by atoms with E-state index in [0.29, 0.717) is 26.7 Å². The van der Waals surface area contributed by atoms with E-state index in [0.717, 1.165) is 11.3 Å². The van der Waals surface area contributed by atoms with Crippen LogP contribution in [0.25, 0.3) is 11.4 Å². The van der Waals surface area contributed by atoms with E-state index in [-0.39, 0.29) is 5.91 Å². The average molecular weight is 423 g/mol. The molecular weight excluding hydrogens is 407 g/mol. The van der Waals surface area contributed by atoms with Crippen LogP contribution in [-0.4, -0.2) is 33.4 Å². The minimum absolute atomic E-state index is 0.222. The first-order chi connectivity index (χ1) is 13.0. The lowest BCUT2D eigenvalue weighted by atomic mass is 10.2.